The van der Waals surface area contributed by atoms with Crippen LogP contribution in [0.3, 0.4) is 0 Å². The molecule has 0 aromatic carbocycles. The summed E-state index contributed by atoms with van der Waals surface area (Å²) in [5.74, 6) is 1.05. The molecular formula is C8H11N3. The van der Waals surface area contributed by atoms with Crippen LogP contribution in [-0.2, 0) is 6.42 Å². The van der Waals surface area contributed by atoms with Crippen LogP contribution in [0.5, 0.6) is 0 Å². The zero-order valence-electron chi connectivity index (χ0n) is 6.54. The number of hydrogen-bond donors (Lipinski definition) is 1. The predicted octanol–water partition coefficient (Wildman–Crippen LogP) is 0.656. The van der Waals surface area contributed by atoms with Crippen LogP contribution in [0.2, 0.25) is 0 Å². The zero-order valence-corrected chi connectivity index (χ0v) is 6.54. The molecule has 2 heterocycles. The largest absolute Gasteiger partial charge is 0.398 e. The first-order valence-corrected chi connectivity index (χ1v) is 3.73. The van der Waals surface area contributed by atoms with E-state index in [1.807, 2.05) is 13.1 Å². The summed E-state index contributed by atoms with van der Waals surface area (Å²) in [6, 6.07) is 1.86. The monoisotopic (exact) mass is 149 g/mol. The fourth-order valence-corrected chi connectivity index (χ4v) is 1.47. The van der Waals surface area contributed by atoms with E-state index in [1.54, 1.807) is 6.20 Å². The van der Waals surface area contributed by atoms with Gasteiger partial charge in [-0.25, -0.2) is 4.98 Å². The second-order valence-corrected chi connectivity index (χ2v) is 2.87. The molecule has 58 valence electrons. The third kappa shape index (κ3) is 0.843. The van der Waals surface area contributed by atoms with Gasteiger partial charge in [0, 0.05) is 31.0 Å². The molecule has 0 amide bonds. The van der Waals surface area contributed by atoms with Crippen LogP contribution in [0.4, 0.5) is 11.5 Å². The Hall–Kier alpha value is -1.25. The summed E-state index contributed by atoms with van der Waals surface area (Å²) >= 11 is 0. The van der Waals surface area contributed by atoms with Gasteiger partial charge >= 0.3 is 0 Å². The quantitative estimate of drug-likeness (QED) is 0.589. The first-order valence-electron chi connectivity index (χ1n) is 3.73. The highest BCUT2D eigenvalue weighted by molar-refractivity contribution is 5.63. The summed E-state index contributed by atoms with van der Waals surface area (Å²) < 4.78 is 0. The minimum absolute atomic E-state index is 0.874. The third-order valence-electron chi connectivity index (χ3n) is 2.13. The number of nitrogens with two attached hydrogens (primary N) is 1. The fourth-order valence-electron chi connectivity index (χ4n) is 1.47. The van der Waals surface area contributed by atoms with E-state index in [-0.39, 0.29) is 0 Å². The van der Waals surface area contributed by atoms with Crippen molar-refractivity contribution in [2.75, 3.05) is 24.2 Å². The Morgan fingerprint density at radius 1 is 1.64 bits per heavy atom. The van der Waals surface area contributed by atoms with E-state index >= 15 is 0 Å². The third-order valence-corrected chi connectivity index (χ3v) is 2.13. The molecule has 0 aliphatic carbocycles. The highest BCUT2D eigenvalue weighted by Gasteiger charge is 2.18. The summed E-state index contributed by atoms with van der Waals surface area (Å²) in [5.41, 5.74) is 7.85. The van der Waals surface area contributed by atoms with Crippen LogP contribution < -0.4 is 10.6 Å². The second-order valence-electron chi connectivity index (χ2n) is 2.87. The van der Waals surface area contributed by atoms with Crippen LogP contribution in [-0.4, -0.2) is 18.6 Å². The van der Waals surface area contributed by atoms with Gasteiger partial charge in [0.25, 0.3) is 0 Å². The molecule has 3 heteroatoms. The molecule has 0 atom stereocenters. The van der Waals surface area contributed by atoms with Crippen molar-refractivity contribution in [3.8, 4) is 0 Å². The maximum Gasteiger partial charge on any atom is 0.133 e. The van der Waals surface area contributed by atoms with Crippen molar-refractivity contribution in [3.05, 3.63) is 17.8 Å². The summed E-state index contributed by atoms with van der Waals surface area (Å²) in [5, 5.41) is 0. The lowest BCUT2D eigenvalue weighted by molar-refractivity contribution is 0.946. The number of aromatic nitrogens is 1. The van der Waals surface area contributed by atoms with Crippen molar-refractivity contribution in [2.45, 2.75) is 6.42 Å². The number of nitrogens with zero attached hydrogens (tertiary/aromatic N) is 2. The molecule has 0 saturated heterocycles. The average Bonchev–Trinajstić information content (AvgIpc) is 2.35. The molecule has 2 rings (SSSR count). The van der Waals surface area contributed by atoms with Gasteiger partial charge in [-0.05, 0) is 12.5 Å². The Balaban J connectivity index is 2.57. The Bertz CT molecular complexity index is 283. The number of rotatable bonds is 0. The smallest absolute Gasteiger partial charge is 0.133 e. The molecule has 0 bridgehead atoms. The van der Waals surface area contributed by atoms with Crippen molar-refractivity contribution < 1.29 is 0 Å². The Labute approximate surface area is 65.8 Å². The first kappa shape index (κ1) is 6.46. The first-order chi connectivity index (χ1) is 5.29. The van der Waals surface area contributed by atoms with Crippen LogP contribution in [0.25, 0.3) is 0 Å². The summed E-state index contributed by atoms with van der Waals surface area (Å²) in [6.07, 6.45) is 2.79. The van der Waals surface area contributed by atoms with E-state index in [4.69, 9.17) is 5.73 Å². The maximum atomic E-state index is 5.77. The van der Waals surface area contributed by atoms with E-state index in [9.17, 15) is 0 Å². The van der Waals surface area contributed by atoms with E-state index in [2.05, 4.69) is 9.88 Å². The molecule has 1 aliphatic heterocycles. The van der Waals surface area contributed by atoms with Gasteiger partial charge in [-0.2, -0.15) is 0 Å². The molecule has 0 unspecified atom stereocenters. The average molecular weight is 149 g/mol. The summed E-state index contributed by atoms with van der Waals surface area (Å²) in [7, 11) is 2.04. The van der Waals surface area contributed by atoms with Gasteiger partial charge in [-0.1, -0.05) is 0 Å². The van der Waals surface area contributed by atoms with E-state index in [0.717, 1.165) is 24.5 Å². The lowest BCUT2D eigenvalue weighted by Crippen LogP contribution is -2.13. The molecule has 0 radical (unpaired) electrons. The minimum atomic E-state index is 0.874. The van der Waals surface area contributed by atoms with Gasteiger partial charge in [-0.15, -0.1) is 0 Å². The molecular weight excluding hydrogens is 138 g/mol. The normalized spacial score (nSPS) is 15.2. The topological polar surface area (TPSA) is 42.1 Å². The SMILES string of the molecule is CN1CCc2c(N)ccnc21. The number of hydrogen-bond acceptors (Lipinski definition) is 3. The van der Waals surface area contributed by atoms with Gasteiger partial charge in [-0.3, -0.25) is 0 Å². The number of fused-ring (bicyclic) bond motifs is 1. The highest BCUT2D eigenvalue weighted by atomic mass is 15.2. The van der Waals surface area contributed by atoms with Crippen LogP contribution >= 0.6 is 0 Å². The lowest BCUT2D eigenvalue weighted by atomic mass is 10.2. The molecule has 3 nitrogen and oxygen atoms in total. The van der Waals surface area contributed by atoms with Crippen LogP contribution in [0.15, 0.2) is 12.3 Å². The molecule has 0 fully saturated rings. The molecule has 0 saturated carbocycles. The van der Waals surface area contributed by atoms with Crippen LogP contribution in [0.1, 0.15) is 5.56 Å². The number of anilines is 2. The zero-order chi connectivity index (χ0) is 7.84. The number of nitrogen functional groups attached to an aromatic ring is 1. The Morgan fingerprint density at radius 2 is 2.45 bits per heavy atom. The summed E-state index contributed by atoms with van der Waals surface area (Å²) in [6.45, 7) is 1.04. The van der Waals surface area contributed by atoms with Crippen LogP contribution in [0, 0.1) is 0 Å². The molecule has 1 aromatic heterocycles. The Kier molecular flexibility index (Phi) is 1.24. The Morgan fingerprint density at radius 3 is 3.18 bits per heavy atom. The number of likely N-dealkylation sites (N-methyl/N-ethyl adjacent to an activating group) is 1. The minimum Gasteiger partial charge on any atom is -0.398 e. The molecule has 2 N–H and O–H groups in total. The summed E-state index contributed by atoms with van der Waals surface area (Å²) in [4.78, 5) is 6.38. The van der Waals surface area contributed by atoms with Gasteiger partial charge in [0.1, 0.15) is 5.82 Å². The van der Waals surface area contributed by atoms with E-state index < -0.39 is 0 Å². The maximum absolute atomic E-state index is 5.77. The molecule has 1 aliphatic rings. The van der Waals surface area contributed by atoms with Gasteiger partial charge in [0.15, 0.2) is 0 Å². The van der Waals surface area contributed by atoms with Crippen molar-refractivity contribution in [1.82, 2.24) is 4.98 Å². The molecule has 0 spiro atoms. The fraction of sp³-hybridized carbons (Fsp3) is 0.375. The van der Waals surface area contributed by atoms with Gasteiger partial charge in [0.2, 0.25) is 0 Å². The van der Waals surface area contributed by atoms with E-state index in [1.165, 1.54) is 5.56 Å². The van der Waals surface area contributed by atoms with E-state index in [0.29, 0.717) is 0 Å². The van der Waals surface area contributed by atoms with Crippen molar-refractivity contribution in [2.24, 2.45) is 0 Å². The van der Waals surface area contributed by atoms with Gasteiger partial charge in [0.05, 0.1) is 0 Å². The molecule has 11 heavy (non-hydrogen) atoms. The molecule has 1 aromatic rings. The van der Waals surface area contributed by atoms with Crippen molar-refractivity contribution >= 4 is 11.5 Å². The lowest BCUT2D eigenvalue weighted by Gasteiger charge is -2.09. The number of pyridine rings is 1. The predicted molar refractivity (Wildman–Crippen MR) is 45.6 cm³/mol. The second kappa shape index (κ2) is 2.12. The van der Waals surface area contributed by atoms with Crippen molar-refractivity contribution in [1.29, 1.82) is 0 Å². The van der Waals surface area contributed by atoms with Crippen molar-refractivity contribution in [3.63, 3.8) is 0 Å². The van der Waals surface area contributed by atoms with Gasteiger partial charge < -0.3 is 10.6 Å². The standard InChI is InChI=1S/C8H11N3/c1-11-5-3-6-7(9)2-4-10-8(6)11/h2,4H,3,5H2,1H3,(H2,9,10). The highest BCUT2D eigenvalue weighted by Crippen LogP contribution is 2.27.